The number of hydrogen-bond donors (Lipinski definition) is 2. The monoisotopic (exact) mass is 273 g/mol. The van der Waals surface area contributed by atoms with E-state index in [4.69, 9.17) is 0 Å². The number of nitrogens with one attached hydrogen (secondary N) is 2. The van der Waals surface area contributed by atoms with Crippen molar-refractivity contribution in [2.45, 2.75) is 33.6 Å². The van der Waals surface area contributed by atoms with Crippen molar-refractivity contribution in [1.29, 1.82) is 0 Å². The van der Waals surface area contributed by atoms with Crippen molar-refractivity contribution < 1.29 is 9.59 Å². The smallest absolute Gasteiger partial charge is 0.240 e. The average Bonchev–Trinajstić information content (AvgIpc) is 2.41. The summed E-state index contributed by atoms with van der Waals surface area (Å²) >= 11 is 0. The Hall–Kier alpha value is -2.17. The first-order valence-electron chi connectivity index (χ1n) is 6.78. The summed E-state index contributed by atoms with van der Waals surface area (Å²) in [5.74, 6) is 0.0422. The first kappa shape index (κ1) is 14.2. The van der Waals surface area contributed by atoms with Crippen LogP contribution in [0.4, 0.5) is 5.69 Å². The van der Waals surface area contributed by atoms with Crippen LogP contribution in [0, 0.1) is 12.8 Å². The summed E-state index contributed by atoms with van der Waals surface area (Å²) in [5.41, 5.74) is 6.16. The van der Waals surface area contributed by atoms with Gasteiger partial charge in [-0.25, -0.2) is 5.43 Å². The largest absolute Gasteiger partial charge is 0.326 e. The first-order chi connectivity index (χ1) is 9.51. The SMILES string of the molecule is CCC(=O)Nc1ccc(C2=NNC(=O)CC2C)cc1C. The summed E-state index contributed by atoms with van der Waals surface area (Å²) in [5, 5.41) is 7.00. The normalized spacial score (nSPS) is 18.2. The van der Waals surface area contributed by atoms with Crippen molar-refractivity contribution in [3.63, 3.8) is 0 Å². The topological polar surface area (TPSA) is 70.6 Å². The maximum atomic E-state index is 11.4. The maximum Gasteiger partial charge on any atom is 0.240 e. The Morgan fingerprint density at radius 3 is 2.85 bits per heavy atom. The number of rotatable bonds is 3. The van der Waals surface area contributed by atoms with Crippen LogP contribution in [-0.4, -0.2) is 17.5 Å². The molecule has 2 rings (SSSR count). The third kappa shape index (κ3) is 3.04. The van der Waals surface area contributed by atoms with Gasteiger partial charge in [-0.1, -0.05) is 19.9 Å². The van der Waals surface area contributed by atoms with Crippen molar-refractivity contribution >= 4 is 23.2 Å². The second-order valence-electron chi connectivity index (χ2n) is 5.07. The van der Waals surface area contributed by atoms with Gasteiger partial charge in [0.25, 0.3) is 0 Å². The standard InChI is InChI=1S/C15H19N3O2/c1-4-13(19)16-12-6-5-11(7-9(12)2)15-10(3)8-14(20)17-18-15/h5-7,10H,4,8H2,1-3H3,(H,16,19)(H,17,20). The molecule has 1 aromatic rings. The van der Waals surface area contributed by atoms with Gasteiger partial charge in [-0.05, 0) is 30.2 Å². The van der Waals surface area contributed by atoms with Crippen molar-refractivity contribution in [1.82, 2.24) is 5.43 Å². The molecule has 2 amide bonds. The van der Waals surface area contributed by atoms with Crippen LogP contribution >= 0.6 is 0 Å². The number of hydrogen-bond acceptors (Lipinski definition) is 3. The van der Waals surface area contributed by atoms with Gasteiger partial charge in [-0.3, -0.25) is 9.59 Å². The minimum Gasteiger partial charge on any atom is -0.326 e. The summed E-state index contributed by atoms with van der Waals surface area (Å²) in [4.78, 5) is 22.7. The van der Waals surface area contributed by atoms with E-state index < -0.39 is 0 Å². The van der Waals surface area contributed by atoms with Gasteiger partial charge in [0, 0.05) is 24.4 Å². The summed E-state index contributed by atoms with van der Waals surface area (Å²) in [7, 11) is 0. The van der Waals surface area contributed by atoms with Crippen LogP contribution in [0.15, 0.2) is 23.3 Å². The predicted octanol–water partition coefficient (Wildman–Crippen LogP) is 2.20. The molecule has 5 nitrogen and oxygen atoms in total. The van der Waals surface area contributed by atoms with E-state index in [9.17, 15) is 9.59 Å². The van der Waals surface area contributed by atoms with Crippen LogP contribution in [0.5, 0.6) is 0 Å². The minimum absolute atomic E-state index is 0.00325. The molecule has 1 aliphatic rings. The second kappa shape index (κ2) is 5.86. The van der Waals surface area contributed by atoms with E-state index in [0.717, 1.165) is 22.5 Å². The fourth-order valence-corrected chi connectivity index (χ4v) is 2.20. The zero-order chi connectivity index (χ0) is 14.7. The third-order valence-electron chi connectivity index (χ3n) is 3.38. The van der Waals surface area contributed by atoms with Gasteiger partial charge in [0.05, 0.1) is 5.71 Å². The molecule has 106 valence electrons. The second-order valence-corrected chi connectivity index (χ2v) is 5.07. The van der Waals surface area contributed by atoms with Gasteiger partial charge in [-0.15, -0.1) is 0 Å². The number of carbonyl (C=O) groups excluding carboxylic acids is 2. The molecule has 0 bridgehead atoms. The highest BCUT2D eigenvalue weighted by molar-refractivity contribution is 6.06. The van der Waals surface area contributed by atoms with Gasteiger partial charge < -0.3 is 5.32 Å². The summed E-state index contributed by atoms with van der Waals surface area (Å²) in [6.07, 6.45) is 0.906. The number of amides is 2. The zero-order valence-corrected chi connectivity index (χ0v) is 12.0. The van der Waals surface area contributed by atoms with Crippen molar-refractivity contribution in [2.75, 3.05) is 5.32 Å². The van der Waals surface area contributed by atoms with Crippen LogP contribution in [0.1, 0.15) is 37.8 Å². The Balaban J connectivity index is 2.25. The lowest BCUT2D eigenvalue weighted by Crippen LogP contribution is -2.32. The predicted molar refractivity (Wildman–Crippen MR) is 78.6 cm³/mol. The zero-order valence-electron chi connectivity index (χ0n) is 12.0. The van der Waals surface area contributed by atoms with Gasteiger partial charge in [-0.2, -0.15) is 5.10 Å². The molecule has 5 heteroatoms. The number of benzene rings is 1. The molecular weight excluding hydrogens is 254 g/mol. The van der Waals surface area contributed by atoms with Crippen molar-refractivity contribution in [2.24, 2.45) is 11.0 Å². The Labute approximate surface area is 118 Å². The molecule has 0 spiro atoms. The highest BCUT2D eigenvalue weighted by Crippen LogP contribution is 2.21. The van der Waals surface area contributed by atoms with Crippen LogP contribution < -0.4 is 10.7 Å². The number of hydrazone groups is 1. The number of nitrogens with zero attached hydrogens (tertiary/aromatic N) is 1. The molecule has 0 saturated carbocycles. The fourth-order valence-electron chi connectivity index (χ4n) is 2.20. The molecule has 1 heterocycles. The number of anilines is 1. The molecule has 0 aliphatic carbocycles. The summed E-state index contributed by atoms with van der Waals surface area (Å²) in [6, 6.07) is 5.78. The van der Waals surface area contributed by atoms with E-state index in [0.29, 0.717) is 12.8 Å². The third-order valence-corrected chi connectivity index (χ3v) is 3.38. The maximum absolute atomic E-state index is 11.4. The van der Waals surface area contributed by atoms with E-state index >= 15 is 0 Å². The van der Waals surface area contributed by atoms with E-state index in [1.165, 1.54) is 0 Å². The van der Waals surface area contributed by atoms with Crippen LogP contribution in [-0.2, 0) is 9.59 Å². The van der Waals surface area contributed by atoms with Crippen LogP contribution in [0.3, 0.4) is 0 Å². The lowest BCUT2D eigenvalue weighted by Gasteiger charge is -2.20. The minimum atomic E-state index is -0.0511. The van der Waals surface area contributed by atoms with E-state index in [2.05, 4.69) is 15.8 Å². The molecule has 20 heavy (non-hydrogen) atoms. The summed E-state index contributed by atoms with van der Waals surface area (Å²) in [6.45, 7) is 5.75. The Kier molecular flexibility index (Phi) is 4.17. The first-order valence-corrected chi connectivity index (χ1v) is 6.78. The molecule has 0 radical (unpaired) electrons. The molecule has 0 fully saturated rings. The Morgan fingerprint density at radius 2 is 2.25 bits per heavy atom. The lowest BCUT2D eigenvalue weighted by molar-refractivity contribution is -0.122. The van der Waals surface area contributed by atoms with Crippen molar-refractivity contribution in [3.8, 4) is 0 Å². The van der Waals surface area contributed by atoms with E-state index in [-0.39, 0.29) is 17.7 Å². The quantitative estimate of drug-likeness (QED) is 0.886. The number of aryl methyl sites for hydroxylation is 1. The Morgan fingerprint density at radius 1 is 1.50 bits per heavy atom. The average molecular weight is 273 g/mol. The molecule has 0 aromatic heterocycles. The van der Waals surface area contributed by atoms with Crippen LogP contribution in [0.25, 0.3) is 0 Å². The number of carbonyl (C=O) groups is 2. The summed E-state index contributed by atoms with van der Waals surface area (Å²) < 4.78 is 0. The lowest BCUT2D eigenvalue weighted by atomic mass is 9.93. The molecule has 1 atom stereocenters. The van der Waals surface area contributed by atoms with Gasteiger partial charge in [0.1, 0.15) is 0 Å². The highest BCUT2D eigenvalue weighted by atomic mass is 16.2. The fraction of sp³-hybridized carbons (Fsp3) is 0.400. The van der Waals surface area contributed by atoms with Gasteiger partial charge in [0.15, 0.2) is 0 Å². The van der Waals surface area contributed by atoms with Crippen LogP contribution in [0.2, 0.25) is 0 Å². The molecule has 2 N–H and O–H groups in total. The molecule has 0 saturated heterocycles. The van der Waals surface area contributed by atoms with Gasteiger partial charge >= 0.3 is 0 Å². The van der Waals surface area contributed by atoms with Gasteiger partial charge in [0.2, 0.25) is 11.8 Å². The molecular formula is C15H19N3O2. The van der Waals surface area contributed by atoms with Crippen molar-refractivity contribution in [3.05, 3.63) is 29.3 Å². The molecule has 1 aliphatic heterocycles. The van der Waals surface area contributed by atoms with E-state index in [1.807, 2.05) is 39.0 Å². The van der Waals surface area contributed by atoms with E-state index in [1.54, 1.807) is 0 Å². The Bertz CT molecular complexity index is 578. The molecule has 1 aromatic carbocycles. The molecule has 1 unspecified atom stereocenters. The highest BCUT2D eigenvalue weighted by Gasteiger charge is 2.21.